The first-order valence-electron chi connectivity index (χ1n) is 4.57. The molecule has 70 valence electrons. The third-order valence-corrected chi connectivity index (χ3v) is 2.33. The monoisotopic (exact) mass is 186 g/mol. The molecule has 0 heterocycles. The number of halogens is 1. The Balaban J connectivity index is 2.70. The quantitative estimate of drug-likeness (QED) is 0.621. The minimum Gasteiger partial charge on any atom is -0.238 e. The van der Waals surface area contributed by atoms with Gasteiger partial charge in [0, 0.05) is 0 Å². The molecule has 0 fully saturated rings. The lowest BCUT2D eigenvalue weighted by molar-refractivity contribution is 0.418. The fourth-order valence-corrected chi connectivity index (χ4v) is 1.62. The van der Waals surface area contributed by atoms with E-state index in [0.29, 0.717) is 5.56 Å². The SMILES string of the molecule is C=CC(F)c1cccc2ccccc12. The molecule has 0 bridgehead atoms. The molecular formula is C13H11F. The van der Waals surface area contributed by atoms with Gasteiger partial charge < -0.3 is 0 Å². The molecular weight excluding hydrogens is 175 g/mol. The number of allylic oxidation sites excluding steroid dienone is 1. The van der Waals surface area contributed by atoms with Crippen LogP contribution in [-0.2, 0) is 0 Å². The molecule has 1 atom stereocenters. The van der Waals surface area contributed by atoms with E-state index in [1.54, 1.807) is 6.07 Å². The Morgan fingerprint density at radius 2 is 1.79 bits per heavy atom. The molecule has 0 aliphatic carbocycles. The van der Waals surface area contributed by atoms with E-state index in [4.69, 9.17) is 0 Å². The molecule has 1 unspecified atom stereocenters. The van der Waals surface area contributed by atoms with E-state index >= 15 is 0 Å². The summed E-state index contributed by atoms with van der Waals surface area (Å²) >= 11 is 0. The molecule has 0 aliphatic heterocycles. The minimum absolute atomic E-state index is 0.693. The summed E-state index contributed by atoms with van der Waals surface area (Å²) in [4.78, 5) is 0. The highest BCUT2D eigenvalue weighted by Gasteiger charge is 2.07. The highest BCUT2D eigenvalue weighted by Crippen LogP contribution is 2.26. The standard InChI is InChI=1S/C13H11F/c1-2-13(14)12-9-5-7-10-6-3-4-8-11(10)12/h2-9,13H,1H2. The molecule has 0 radical (unpaired) electrons. The van der Waals surface area contributed by atoms with Crippen LogP contribution in [0.3, 0.4) is 0 Å². The van der Waals surface area contributed by atoms with E-state index in [0.717, 1.165) is 10.8 Å². The van der Waals surface area contributed by atoms with Crippen molar-refractivity contribution in [1.29, 1.82) is 0 Å². The van der Waals surface area contributed by atoms with E-state index in [2.05, 4.69) is 6.58 Å². The molecule has 14 heavy (non-hydrogen) atoms. The lowest BCUT2D eigenvalue weighted by Crippen LogP contribution is -1.88. The van der Waals surface area contributed by atoms with Crippen LogP contribution in [0, 0.1) is 0 Å². The summed E-state index contributed by atoms with van der Waals surface area (Å²) in [6, 6.07) is 13.4. The number of alkyl halides is 1. The van der Waals surface area contributed by atoms with Crippen molar-refractivity contribution < 1.29 is 4.39 Å². The van der Waals surface area contributed by atoms with Gasteiger partial charge in [0.1, 0.15) is 6.17 Å². The van der Waals surface area contributed by atoms with Crippen molar-refractivity contribution in [2.45, 2.75) is 6.17 Å². The Bertz CT molecular complexity index is 454. The van der Waals surface area contributed by atoms with Crippen LogP contribution in [0.2, 0.25) is 0 Å². The maximum atomic E-state index is 13.5. The Morgan fingerprint density at radius 3 is 2.57 bits per heavy atom. The minimum atomic E-state index is -1.08. The van der Waals surface area contributed by atoms with Gasteiger partial charge in [-0.25, -0.2) is 4.39 Å². The van der Waals surface area contributed by atoms with Gasteiger partial charge in [-0.1, -0.05) is 55.1 Å². The molecule has 2 rings (SSSR count). The molecule has 0 aromatic heterocycles. The van der Waals surface area contributed by atoms with Crippen molar-refractivity contribution in [3.63, 3.8) is 0 Å². The molecule has 2 aromatic rings. The Morgan fingerprint density at radius 1 is 1.07 bits per heavy atom. The van der Waals surface area contributed by atoms with Crippen molar-refractivity contribution in [2.24, 2.45) is 0 Å². The van der Waals surface area contributed by atoms with Crippen LogP contribution < -0.4 is 0 Å². The number of benzene rings is 2. The van der Waals surface area contributed by atoms with Crippen molar-refractivity contribution >= 4 is 10.8 Å². The zero-order valence-corrected chi connectivity index (χ0v) is 7.78. The predicted molar refractivity (Wildman–Crippen MR) is 58.0 cm³/mol. The van der Waals surface area contributed by atoms with Crippen molar-refractivity contribution in [1.82, 2.24) is 0 Å². The largest absolute Gasteiger partial charge is 0.238 e. The Kier molecular flexibility index (Phi) is 2.32. The lowest BCUT2D eigenvalue weighted by atomic mass is 10.0. The van der Waals surface area contributed by atoms with Gasteiger partial charge in [-0.2, -0.15) is 0 Å². The van der Waals surface area contributed by atoms with Gasteiger partial charge in [-0.15, -0.1) is 0 Å². The molecule has 0 amide bonds. The summed E-state index contributed by atoms with van der Waals surface area (Å²) in [6.07, 6.45) is 0.239. The van der Waals surface area contributed by atoms with E-state index in [-0.39, 0.29) is 0 Å². The number of rotatable bonds is 2. The van der Waals surface area contributed by atoms with Crippen molar-refractivity contribution in [2.75, 3.05) is 0 Å². The van der Waals surface area contributed by atoms with Gasteiger partial charge in [0.25, 0.3) is 0 Å². The molecule has 0 N–H and O–H groups in total. The Labute approximate surface area is 82.7 Å². The number of hydrogen-bond acceptors (Lipinski definition) is 0. The molecule has 2 aromatic carbocycles. The lowest BCUT2D eigenvalue weighted by Gasteiger charge is -2.07. The fourth-order valence-electron chi connectivity index (χ4n) is 1.62. The maximum absolute atomic E-state index is 13.5. The van der Waals surface area contributed by atoms with Crippen LogP contribution >= 0.6 is 0 Å². The second-order valence-electron chi connectivity index (χ2n) is 3.21. The molecule has 0 spiro atoms. The van der Waals surface area contributed by atoms with Crippen LogP contribution in [0.4, 0.5) is 4.39 Å². The van der Waals surface area contributed by atoms with Crippen LogP contribution in [-0.4, -0.2) is 0 Å². The second kappa shape index (κ2) is 3.62. The third-order valence-electron chi connectivity index (χ3n) is 2.33. The summed E-state index contributed by atoms with van der Waals surface area (Å²) in [6.45, 7) is 3.47. The zero-order valence-electron chi connectivity index (χ0n) is 7.78. The van der Waals surface area contributed by atoms with Crippen molar-refractivity contribution in [3.8, 4) is 0 Å². The summed E-state index contributed by atoms with van der Waals surface area (Å²) < 4.78 is 13.5. The first-order valence-corrected chi connectivity index (χ1v) is 4.57. The Hall–Kier alpha value is -1.63. The average Bonchev–Trinajstić information content (AvgIpc) is 2.27. The van der Waals surface area contributed by atoms with Crippen LogP contribution in [0.1, 0.15) is 11.7 Å². The van der Waals surface area contributed by atoms with E-state index in [1.807, 2.05) is 36.4 Å². The van der Waals surface area contributed by atoms with Crippen LogP contribution in [0.5, 0.6) is 0 Å². The van der Waals surface area contributed by atoms with Crippen LogP contribution in [0.15, 0.2) is 55.1 Å². The van der Waals surface area contributed by atoms with Gasteiger partial charge in [0.05, 0.1) is 0 Å². The summed E-state index contributed by atoms with van der Waals surface area (Å²) in [7, 11) is 0. The van der Waals surface area contributed by atoms with Gasteiger partial charge >= 0.3 is 0 Å². The molecule has 0 saturated heterocycles. The molecule has 1 heteroatoms. The van der Waals surface area contributed by atoms with Crippen molar-refractivity contribution in [3.05, 3.63) is 60.7 Å². The second-order valence-corrected chi connectivity index (χ2v) is 3.21. The fraction of sp³-hybridized carbons (Fsp3) is 0.0769. The van der Waals surface area contributed by atoms with E-state index in [1.165, 1.54) is 6.08 Å². The highest BCUT2D eigenvalue weighted by molar-refractivity contribution is 5.86. The van der Waals surface area contributed by atoms with Gasteiger partial charge in [-0.05, 0) is 16.3 Å². The summed E-state index contributed by atoms with van der Waals surface area (Å²) in [5.74, 6) is 0. The maximum Gasteiger partial charge on any atom is 0.144 e. The number of fused-ring (bicyclic) bond motifs is 1. The normalized spacial score (nSPS) is 12.6. The summed E-state index contributed by atoms with van der Waals surface area (Å²) in [5.41, 5.74) is 0.693. The molecule has 0 nitrogen and oxygen atoms in total. The van der Waals surface area contributed by atoms with E-state index < -0.39 is 6.17 Å². The summed E-state index contributed by atoms with van der Waals surface area (Å²) in [5, 5.41) is 2.02. The highest BCUT2D eigenvalue weighted by atomic mass is 19.1. The molecule has 0 saturated carbocycles. The predicted octanol–water partition coefficient (Wildman–Crippen LogP) is 4.04. The first-order chi connectivity index (χ1) is 6.83. The topological polar surface area (TPSA) is 0 Å². The third kappa shape index (κ3) is 1.41. The number of hydrogen-bond donors (Lipinski definition) is 0. The smallest absolute Gasteiger partial charge is 0.144 e. The zero-order chi connectivity index (χ0) is 9.97. The van der Waals surface area contributed by atoms with Gasteiger partial charge in [0.15, 0.2) is 0 Å². The van der Waals surface area contributed by atoms with E-state index in [9.17, 15) is 4.39 Å². The molecule has 0 aliphatic rings. The first kappa shape index (κ1) is 8.95. The average molecular weight is 186 g/mol. The van der Waals surface area contributed by atoms with Gasteiger partial charge in [-0.3, -0.25) is 0 Å². The van der Waals surface area contributed by atoms with Crippen LogP contribution in [0.25, 0.3) is 10.8 Å². The van der Waals surface area contributed by atoms with Gasteiger partial charge in [0.2, 0.25) is 0 Å².